The van der Waals surface area contributed by atoms with Gasteiger partial charge in [-0.05, 0) is 19.1 Å². The zero-order chi connectivity index (χ0) is 20.6. The van der Waals surface area contributed by atoms with E-state index in [1.807, 2.05) is 29.2 Å². The molecule has 0 unspecified atom stereocenters. The van der Waals surface area contributed by atoms with E-state index in [0.717, 1.165) is 16.9 Å². The van der Waals surface area contributed by atoms with Gasteiger partial charge in [0.05, 0.1) is 13.6 Å². The Balaban J connectivity index is 1.94. The van der Waals surface area contributed by atoms with Crippen LogP contribution in [0.4, 0.5) is 11.6 Å². The molecule has 0 aliphatic carbocycles. The first-order chi connectivity index (χ1) is 13.2. The molecule has 0 spiro atoms. The second kappa shape index (κ2) is 7.31. The van der Waals surface area contributed by atoms with Crippen LogP contribution in [0.25, 0.3) is 11.0 Å². The number of imidazole rings is 1. The number of anilines is 2. The van der Waals surface area contributed by atoms with Gasteiger partial charge < -0.3 is 22.5 Å². The molecule has 2 amide bonds. The van der Waals surface area contributed by atoms with Crippen LogP contribution in [0.3, 0.4) is 0 Å². The Morgan fingerprint density at radius 1 is 1.25 bits per heavy atom. The summed E-state index contributed by atoms with van der Waals surface area (Å²) < 4.78 is 3.90. The van der Waals surface area contributed by atoms with Crippen LogP contribution >= 0.6 is 11.6 Å². The van der Waals surface area contributed by atoms with Crippen molar-refractivity contribution in [3.63, 3.8) is 0 Å². The lowest BCUT2D eigenvalue weighted by atomic mass is 10.2. The summed E-state index contributed by atoms with van der Waals surface area (Å²) in [4.78, 5) is 31.7. The van der Waals surface area contributed by atoms with Gasteiger partial charge in [-0.25, -0.2) is 19.1 Å². The Kier molecular flexibility index (Phi) is 5.06. The van der Waals surface area contributed by atoms with Gasteiger partial charge in [-0.2, -0.15) is 0 Å². The van der Waals surface area contributed by atoms with Gasteiger partial charge in [0.25, 0.3) is 11.7 Å². The third kappa shape index (κ3) is 3.29. The monoisotopic (exact) mass is 403 g/mol. The Bertz CT molecular complexity index is 1110. The number of halogens is 1. The molecular formula is C17H20ClN8O2+. The number of hydrogen-bond acceptors (Lipinski definition) is 6. The lowest BCUT2D eigenvalue weighted by Gasteiger charge is -2.07. The predicted molar refractivity (Wildman–Crippen MR) is 104 cm³/mol. The minimum atomic E-state index is -0.530. The van der Waals surface area contributed by atoms with Gasteiger partial charge in [0.1, 0.15) is 6.54 Å². The molecule has 3 aromatic rings. The van der Waals surface area contributed by atoms with Crippen LogP contribution in [0.15, 0.2) is 18.2 Å². The number of amides is 2. The maximum atomic E-state index is 12.5. The quantitative estimate of drug-likeness (QED) is 0.443. The third-order valence-corrected chi connectivity index (χ3v) is 4.73. The molecule has 0 bridgehead atoms. The standard InChI is InChI=1S/C17H19ClN8O2/c1-3-26-10-6-8(16(21)27)4-5-9(10)25(2)11(26)7-22-17(28)12-14(19)24-15(20)13(18)23-12/h4-6H,3,7H2,1-2H3,(H6-,19,20,21,22,24,27,28)/p+1. The smallest absolute Gasteiger partial charge is 0.276 e. The molecule has 7 N–H and O–H groups in total. The first-order valence-electron chi connectivity index (χ1n) is 8.42. The summed E-state index contributed by atoms with van der Waals surface area (Å²) in [7, 11) is 1.87. The van der Waals surface area contributed by atoms with Gasteiger partial charge in [-0.15, -0.1) is 0 Å². The van der Waals surface area contributed by atoms with E-state index in [-0.39, 0.29) is 29.0 Å². The van der Waals surface area contributed by atoms with E-state index in [2.05, 4.69) is 15.3 Å². The second-order valence-electron chi connectivity index (χ2n) is 6.10. The molecule has 146 valence electrons. The van der Waals surface area contributed by atoms with Gasteiger partial charge in [-0.3, -0.25) is 9.59 Å². The fourth-order valence-electron chi connectivity index (χ4n) is 3.05. The summed E-state index contributed by atoms with van der Waals surface area (Å²) in [5.41, 5.74) is 18.7. The number of benzene rings is 1. The number of aromatic nitrogens is 4. The van der Waals surface area contributed by atoms with Crippen LogP contribution in [-0.2, 0) is 20.1 Å². The number of aryl methyl sites for hydroxylation is 2. The molecule has 28 heavy (non-hydrogen) atoms. The fourth-order valence-corrected chi connectivity index (χ4v) is 3.18. The molecule has 3 rings (SSSR count). The first-order valence-corrected chi connectivity index (χ1v) is 8.80. The zero-order valence-electron chi connectivity index (χ0n) is 15.4. The highest BCUT2D eigenvalue weighted by Crippen LogP contribution is 2.18. The van der Waals surface area contributed by atoms with E-state index in [1.54, 1.807) is 12.1 Å². The highest BCUT2D eigenvalue weighted by atomic mass is 35.5. The molecular weight excluding hydrogens is 384 g/mol. The van der Waals surface area contributed by atoms with Crippen molar-refractivity contribution in [2.75, 3.05) is 11.5 Å². The van der Waals surface area contributed by atoms with Crippen molar-refractivity contribution in [2.24, 2.45) is 12.8 Å². The molecule has 10 nitrogen and oxygen atoms in total. The van der Waals surface area contributed by atoms with Crippen molar-refractivity contribution in [3.8, 4) is 0 Å². The number of carbonyl (C=O) groups excluding carboxylic acids is 2. The molecule has 0 aliphatic heterocycles. The molecule has 0 atom stereocenters. The SMILES string of the molecule is CCn1c(CNC(=O)c2nc(Cl)c(N)nc2N)[n+](C)c2ccc(C(N)=O)cc21. The molecule has 2 aromatic heterocycles. The number of nitrogens with two attached hydrogens (primary N) is 3. The molecule has 0 aliphatic rings. The van der Waals surface area contributed by atoms with Crippen LogP contribution in [0.5, 0.6) is 0 Å². The lowest BCUT2D eigenvalue weighted by molar-refractivity contribution is -0.654. The van der Waals surface area contributed by atoms with E-state index in [1.165, 1.54) is 0 Å². The maximum Gasteiger partial charge on any atom is 0.276 e. The normalized spacial score (nSPS) is 11.0. The fraction of sp³-hybridized carbons (Fsp3) is 0.235. The minimum Gasteiger partial charge on any atom is -0.382 e. The van der Waals surface area contributed by atoms with Gasteiger partial charge in [0.15, 0.2) is 33.5 Å². The van der Waals surface area contributed by atoms with E-state index in [9.17, 15) is 9.59 Å². The Morgan fingerprint density at radius 3 is 2.61 bits per heavy atom. The molecule has 0 saturated heterocycles. The van der Waals surface area contributed by atoms with Crippen molar-refractivity contribution in [3.05, 3.63) is 40.4 Å². The lowest BCUT2D eigenvalue weighted by Crippen LogP contribution is -2.38. The van der Waals surface area contributed by atoms with Crippen LogP contribution < -0.4 is 27.1 Å². The summed E-state index contributed by atoms with van der Waals surface area (Å²) in [6.07, 6.45) is 0. The van der Waals surface area contributed by atoms with E-state index in [0.29, 0.717) is 12.1 Å². The number of nitrogens with zero attached hydrogens (tertiary/aromatic N) is 4. The molecule has 0 fully saturated rings. The van der Waals surface area contributed by atoms with Crippen molar-refractivity contribution in [1.29, 1.82) is 0 Å². The van der Waals surface area contributed by atoms with Gasteiger partial charge >= 0.3 is 0 Å². The molecule has 11 heteroatoms. The predicted octanol–water partition coefficient (Wildman–Crippen LogP) is 0.122. The Hall–Kier alpha value is -3.40. The average molecular weight is 404 g/mol. The summed E-state index contributed by atoms with van der Waals surface area (Å²) in [6.45, 7) is 2.78. The van der Waals surface area contributed by atoms with Gasteiger partial charge in [-0.1, -0.05) is 11.6 Å². The highest BCUT2D eigenvalue weighted by molar-refractivity contribution is 6.31. The highest BCUT2D eigenvalue weighted by Gasteiger charge is 2.24. The minimum absolute atomic E-state index is 0.0431. The Morgan fingerprint density at radius 2 is 1.96 bits per heavy atom. The molecule has 0 radical (unpaired) electrons. The topological polar surface area (TPSA) is 159 Å². The van der Waals surface area contributed by atoms with Crippen LogP contribution in [0.1, 0.15) is 33.6 Å². The van der Waals surface area contributed by atoms with Gasteiger partial charge in [0, 0.05) is 11.6 Å². The number of carbonyl (C=O) groups is 2. The number of rotatable bonds is 5. The summed E-state index contributed by atoms with van der Waals surface area (Å²) in [5, 5.41) is 2.67. The van der Waals surface area contributed by atoms with E-state index in [4.69, 9.17) is 28.8 Å². The number of primary amides is 1. The zero-order valence-corrected chi connectivity index (χ0v) is 16.1. The van der Waals surface area contributed by atoms with E-state index >= 15 is 0 Å². The average Bonchev–Trinajstić information content (AvgIpc) is 2.93. The number of nitrogen functional groups attached to an aromatic ring is 2. The molecule has 0 saturated carbocycles. The number of hydrogen-bond donors (Lipinski definition) is 4. The largest absolute Gasteiger partial charge is 0.382 e. The van der Waals surface area contributed by atoms with Crippen LogP contribution in [0.2, 0.25) is 5.15 Å². The van der Waals surface area contributed by atoms with Crippen molar-refractivity contribution < 1.29 is 14.2 Å². The second-order valence-corrected chi connectivity index (χ2v) is 6.46. The number of nitrogens with one attached hydrogen (secondary N) is 1. The Labute approximate surface area is 165 Å². The van der Waals surface area contributed by atoms with Crippen molar-refractivity contribution >= 4 is 46.1 Å². The van der Waals surface area contributed by atoms with Crippen LogP contribution in [-0.4, -0.2) is 26.3 Å². The molecule has 1 aromatic carbocycles. The van der Waals surface area contributed by atoms with Crippen molar-refractivity contribution in [2.45, 2.75) is 20.0 Å². The third-order valence-electron chi connectivity index (χ3n) is 4.45. The number of fused-ring (bicyclic) bond motifs is 1. The van der Waals surface area contributed by atoms with Gasteiger partial charge in [0.2, 0.25) is 5.91 Å². The summed E-state index contributed by atoms with van der Waals surface area (Å²) >= 11 is 5.83. The first kappa shape index (κ1) is 19.4. The maximum absolute atomic E-state index is 12.5. The van der Waals surface area contributed by atoms with E-state index < -0.39 is 11.8 Å². The summed E-state index contributed by atoms with van der Waals surface area (Å²) in [6, 6.07) is 5.21. The van der Waals surface area contributed by atoms with Crippen molar-refractivity contribution in [1.82, 2.24) is 19.9 Å². The van der Waals surface area contributed by atoms with Crippen LogP contribution in [0, 0.1) is 0 Å². The molecule has 2 heterocycles. The summed E-state index contributed by atoms with van der Waals surface area (Å²) in [5.74, 6) is -0.375.